The van der Waals surface area contributed by atoms with E-state index in [1.54, 1.807) is 12.1 Å². The van der Waals surface area contributed by atoms with Gasteiger partial charge in [-0.1, -0.05) is 49.4 Å². The summed E-state index contributed by atoms with van der Waals surface area (Å²) < 4.78 is 13.3. The van der Waals surface area contributed by atoms with Crippen LogP contribution in [0.3, 0.4) is 0 Å². The summed E-state index contributed by atoms with van der Waals surface area (Å²) in [6.45, 7) is 0. The molecule has 1 aliphatic carbocycles. The van der Waals surface area contributed by atoms with Gasteiger partial charge in [0.1, 0.15) is 5.82 Å². The van der Waals surface area contributed by atoms with Crippen molar-refractivity contribution in [3.8, 4) is 0 Å². The standard InChI is InChI=1S/C18H23FN2O2/c19-14-8-6-7-13(11-14)16-12-17(23-21-16)18(22)20-15-9-4-2-1-3-5-10-15/h6-8,11,15,17H,1-5,9-10,12H2,(H,20,22)/t17-/m1/s1. The van der Waals surface area contributed by atoms with Gasteiger partial charge in [0, 0.05) is 18.0 Å². The Kier molecular flexibility index (Phi) is 5.26. The third-order valence-electron chi connectivity index (χ3n) is 4.57. The van der Waals surface area contributed by atoms with Gasteiger partial charge >= 0.3 is 0 Å². The predicted octanol–water partition coefficient (Wildman–Crippen LogP) is 3.55. The highest BCUT2D eigenvalue weighted by Gasteiger charge is 2.30. The lowest BCUT2D eigenvalue weighted by atomic mass is 9.96. The molecule has 0 aromatic heterocycles. The third-order valence-corrected chi connectivity index (χ3v) is 4.57. The van der Waals surface area contributed by atoms with Crippen LogP contribution in [-0.4, -0.2) is 23.8 Å². The lowest BCUT2D eigenvalue weighted by Crippen LogP contribution is -2.41. The fraction of sp³-hybridized carbons (Fsp3) is 0.556. The van der Waals surface area contributed by atoms with Gasteiger partial charge in [-0.2, -0.15) is 0 Å². The SMILES string of the molecule is O=C(NC1CCCCCCC1)[C@H]1CC(c2cccc(F)c2)=NO1. The van der Waals surface area contributed by atoms with Gasteiger partial charge in [0.05, 0.1) is 5.71 Å². The number of nitrogens with one attached hydrogen (secondary N) is 1. The molecule has 0 radical (unpaired) electrons. The van der Waals surface area contributed by atoms with E-state index >= 15 is 0 Å². The van der Waals surface area contributed by atoms with E-state index in [0.29, 0.717) is 17.7 Å². The number of hydrogen-bond donors (Lipinski definition) is 1. The van der Waals surface area contributed by atoms with E-state index in [1.807, 2.05) is 0 Å². The maximum Gasteiger partial charge on any atom is 0.264 e. The Balaban J connectivity index is 1.53. The fourth-order valence-corrected chi connectivity index (χ4v) is 3.25. The van der Waals surface area contributed by atoms with Gasteiger partial charge < -0.3 is 10.2 Å². The molecular weight excluding hydrogens is 295 g/mol. The van der Waals surface area contributed by atoms with E-state index in [2.05, 4.69) is 10.5 Å². The third kappa shape index (κ3) is 4.30. The Bertz CT molecular complexity index is 580. The number of oxime groups is 1. The van der Waals surface area contributed by atoms with E-state index in [0.717, 1.165) is 12.8 Å². The van der Waals surface area contributed by atoms with Crippen molar-refractivity contribution in [3.05, 3.63) is 35.6 Å². The molecule has 23 heavy (non-hydrogen) atoms. The summed E-state index contributed by atoms with van der Waals surface area (Å²) in [4.78, 5) is 17.6. The summed E-state index contributed by atoms with van der Waals surface area (Å²) in [5.41, 5.74) is 1.30. The van der Waals surface area contributed by atoms with Crippen LogP contribution in [-0.2, 0) is 9.63 Å². The van der Waals surface area contributed by atoms with Gasteiger partial charge in [-0.3, -0.25) is 4.79 Å². The van der Waals surface area contributed by atoms with E-state index in [9.17, 15) is 9.18 Å². The van der Waals surface area contributed by atoms with Gasteiger partial charge in [0.2, 0.25) is 6.10 Å². The highest BCUT2D eigenvalue weighted by molar-refractivity contribution is 6.04. The first-order valence-electron chi connectivity index (χ1n) is 8.51. The number of hydrogen-bond acceptors (Lipinski definition) is 3. The molecule has 0 spiro atoms. The quantitative estimate of drug-likeness (QED) is 0.926. The molecule has 1 aliphatic heterocycles. The molecule has 1 N–H and O–H groups in total. The van der Waals surface area contributed by atoms with Crippen molar-refractivity contribution in [3.63, 3.8) is 0 Å². The first kappa shape index (κ1) is 16.0. The Morgan fingerprint density at radius 2 is 1.91 bits per heavy atom. The van der Waals surface area contributed by atoms with Crippen molar-refractivity contribution in [2.45, 2.75) is 63.5 Å². The van der Waals surface area contributed by atoms with Crippen LogP contribution >= 0.6 is 0 Å². The molecule has 1 aromatic carbocycles. The molecule has 1 heterocycles. The Morgan fingerprint density at radius 3 is 2.65 bits per heavy atom. The monoisotopic (exact) mass is 318 g/mol. The number of amides is 1. The van der Waals surface area contributed by atoms with Crippen molar-refractivity contribution in [1.82, 2.24) is 5.32 Å². The number of carbonyl (C=O) groups is 1. The van der Waals surface area contributed by atoms with Crippen LogP contribution in [0.15, 0.2) is 29.4 Å². The molecule has 3 rings (SSSR count). The van der Waals surface area contributed by atoms with Crippen LogP contribution < -0.4 is 5.32 Å². The molecule has 1 amide bonds. The number of halogens is 1. The summed E-state index contributed by atoms with van der Waals surface area (Å²) in [6.07, 6.45) is 8.01. The van der Waals surface area contributed by atoms with E-state index in [4.69, 9.17) is 4.84 Å². The van der Waals surface area contributed by atoms with Crippen molar-refractivity contribution >= 4 is 11.6 Å². The molecule has 4 nitrogen and oxygen atoms in total. The molecule has 1 saturated carbocycles. The van der Waals surface area contributed by atoms with Crippen molar-refractivity contribution < 1.29 is 14.0 Å². The molecule has 1 fully saturated rings. The lowest BCUT2D eigenvalue weighted by molar-refractivity contribution is -0.132. The normalized spacial score (nSPS) is 22.7. The second-order valence-electron chi connectivity index (χ2n) is 6.40. The zero-order valence-corrected chi connectivity index (χ0v) is 13.3. The maximum atomic E-state index is 13.3. The number of nitrogens with zero attached hydrogens (tertiary/aromatic N) is 1. The predicted molar refractivity (Wildman–Crippen MR) is 86.7 cm³/mol. The number of rotatable bonds is 3. The Morgan fingerprint density at radius 1 is 1.17 bits per heavy atom. The van der Waals surface area contributed by atoms with E-state index in [1.165, 1.54) is 44.2 Å². The first-order valence-corrected chi connectivity index (χ1v) is 8.51. The zero-order chi connectivity index (χ0) is 16.1. The molecule has 0 bridgehead atoms. The van der Waals surface area contributed by atoms with Crippen LogP contribution in [0.2, 0.25) is 0 Å². The molecule has 0 saturated heterocycles. The Hall–Kier alpha value is -1.91. The summed E-state index contributed by atoms with van der Waals surface area (Å²) in [5.74, 6) is -0.418. The molecule has 1 aromatic rings. The van der Waals surface area contributed by atoms with Crippen molar-refractivity contribution in [2.24, 2.45) is 5.16 Å². The van der Waals surface area contributed by atoms with Gasteiger partial charge in [-0.15, -0.1) is 0 Å². The summed E-state index contributed by atoms with van der Waals surface area (Å²) >= 11 is 0. The maximum absolute atomic E-state index is 13.3. The highest BCUT2D eigenvalue weighted by atomic mass is 19.1. The zero-order valence-electron chi connectivity index (χ0n) is 13.3. The van der Waals surface area contributed by atoms with E-state index in [-0.39, 0.29) is 17.8 Å². The second-order valence-corrected chi connectivity index (χ2v) is 6.40. The molecular formula is C18H23FN2O2. The lowest BCUT2D eigenvalue weighted by Gasteiger charge is -2.22. The van der Waals surface area contributed by atoms with Crippen LogP contribution in [0.25, 0.3) is 0 Å². The van der Waals surface area contributed by atoms with Crippen LogP contribution in [0.4, 0.5) is 4.39 Å². The molecule has 2 aliphatic rings. The topological polar surface area (TPSA) is 50.7 Å². The van der Waals surface area contributed by atoms with Gasteiger partial charge in [0.15, 0.2) is 0 Å². The summed E-state index contributed by atoms with van der Waals surface area (Å²) in [7, 11) is 0. The number of benzene rings is 1. The molecule has 5 heteroatoms. The smallest absolute Gasteiger partial charge is 0.264 e. The van der Waals surface area contributed by atoms with Crippen LogP contribution in [0, 0.1) is 5.82 Å². The molecule has 124 valence electrons. The minimum atomic E-state index is -0.598. The minimum Gasteiger partial charge on any atom is -0.382 e. The van der Waals surface area contributed by atoms with Gasteiger partial charge in [0.25, 0.3) is 5.91 Å². The van der Waals surface area contributed by atoms with Gasteiger partial charge in [-0.05, 0) is 25.0 Å². The first-order chi connectivity index (χ1) is 11.2. The van der Waals surface area contributed by atoms with Crippen molar-refractivity contribution in [2.75, 3.05) is 0 Å². The van der Waals surface area contributed by atoms with E-state index < -0.39 is 6.10 Å². The van der Waals surface area contributed by atoms with Gasteiger partial charge in [-0.25, -0.2) is 4.39 Å². The van der Waals surface area contributed by atoms with Crippen molar-refractivity contribution in [1.29, 1.82) is 0 Å². The number of carbonyl (C=O) groups excluding carboxylic acids is 1. The fourth-order valence-electron chi connectivity index (χ4n) is 3.25. The summed E-state index contributed by atoms with van der Waals surface area (Å²) in [5, 5.41) is 7.07. The second kappa shape index (κ2) is 7.57. The molecule has 0 unspecified atom stereocenters. The van der Waals surface area contributed by atoms with Crippen LogP contribution in [0.1, 0.15) is 56.9 Å². The Labute approximate surface area is 136 Å². The minimum absolute atomic E-state index is 0.106. The summed E-state index contributed by atoms with van der Waals surface area (Å²) in [6, 6.07) is 6.45. The molecule has 1 atom stereocenters. The largest absolute Gasteiger partial charge is 0.382 e. The van der Waals surface area contributed by atoms with Crippen LogP contribution in [0.5, 0.6) is 0 Å². The average Bonchev–Trinajstić information content (AvgIpc) is 3.00. The highest BCUT2D eigenvalue weighted by Crippen LogP contribution is 2.20. The average molecular weight is 318 g/mol.